The summed E-state index contributed by atoms with van der Waals surface area (Å²) in [6.07, 6.45) is 1.06. The third-order valence-electron chi connectivity index (χ3n) is 2.58. The minimum atomic E-state index is -0.159. The average molecular weight is 225 g/mol. The molecule has 0 radical (unpaired) electrons. The van der Waals surface area contributed by atoms with Gasteiger partial charge in [0.05, 0.1) is 6.61 Å². The molecule has 1 aromatic carbocycles. The van der Waals surface area contributed by atoms with E-state index in [9.17, 15) is 4.39 Å². The van der Waals surface area contributed by atoms with Gasteiger partial charge in [0.1, 0.15) is 5.82 Å². The zero-order chi connectivity index (χ0) is 12.0. The van der Waals surface area contributed by atoms with Gasteiger partial charge in [-0.1, -0.05) is 19.1 Å². The fraction of sp³-hybridized carbons (Fsp3) is 0.538. The summed E-state index contributed by atoms with van der Waals surface area (Å²) in [4.78, 5) is 2.17. The zero-order valence-electron chi connectivity index (χ0n) is 10.0. The fourth-order valence-corrected chi connectivity index (χ4v) is 1.79. The number of hydrogen-bond donors (Lipinski definition) is 1. The Morgan fingerprint density at radius 1 is 1.31 bits per heavy atom. The van der Waals surface area contributed by atoms with Crippen LogP contribution in [0.1, 0.15) is 24.5 Å². The number of hydrogen-bond acceptors (Lipinski definition) is 2. The van der Waals surface area contributed by atoms with Gasteiger partial charge in [0.2, 0.25) is 0 Å². The topological polar surface area (TPSA) is 23.5 Å². The smallest absolute Gasteiger partial charge is 0.126 e. The number of aryl methyl sites for hydroxylation is 1. The molecule has 3 heteroatoms. The highest BCUT2D eigenvalue weighted by Crippen LogP contribution is 2.11. The lowest BCUT2D eigenvalue weighted by Crippen LogP contribution is -2.27. The van der Waals surface area contributed by atoms with Gasteiger partial charge in [-0.3, -0.25) is 4.90 Å². The Balaban J connectivity index is 2.65. The second kappa shape index (κ2) is 6.61. The Hall–Kier alpha value is -0.930. The number of aliphatic hydroxyl groups excluding tert-OH is 1. The number of rotatable bonds is 6. The van der Waals surface area contributed by atoms with E-state index in [0.717, 1.165) is 25.1 Å². The number of benzene rings is 1. The zero-order valence-corrected chi connectivity index (χ0v) is 10.0. The van der Waals surface area contributed by atoms with E-state index in [4.69, 9.17) is 5.11 Å². The van der Waals surface area contributed by atoms with Gasteiger partial charge in [-0.25, -0.2) is 4.39 Å². The first kappa shape index (κ1) is 13.1. The van der Waals surface area contributed by atoms with Crippen molar-refractivity contribution in [3.63, 3.8) is 0 Å². The van der Waals surface area contributed by atoms with E-state index in [1.54, 1.807) is 6.92 Å². The Labute approximate surface area is 96.7 Å². The fourth-order valence-electron chi connectivity index (χ4n) is 1.79. The summed E-state index contributed by atoms with van der Waals surface area (Å²) < 4.78 is 13.1. The highest BCUT2D eigenvalue weighted by atomic mass is 19.1. The lowest BCUT2D eigenvalue weighted by molar-refractivity contribution is 0.190. The first-order valence-corrected chi connectivity index (χ1v) is 5.75. The summed E-state index contributed by atoms with van der Waals surface area (Å²) in [5.41, 5.74) is 1.78. The third-order valence-corrected chi connectivity index (χ3v) is 2.58. The van der Waals surface area contributed by atoms with Crippen LogP contribution in [-0.4, -0.2) is 29.7 Å². The predicted molar refractivity (Wildman–Crippen MR) is 63.8 cm³/mol. The van der Waals surface area contributed by atoms with Crippen molar-refractivity contribution < 1.29 is 9.50 Å². The molecule has 0 amide bonds. The lowest BCUT2D eigenvalue weighted by Gasteiger charge is -2.20. The third kappa shape index (κ3) is 3.91. The Bertz CT molecular complexity index is 322. The number of nitrogens with zero attached hydrogens (tertiary/aromatic N) is 1. The van der Waals surface area contributed by atoms with Crippen LogP contribution < -0.4 is 0 Å². The summed E-state index contributed by atoms with van der Waals surface area (Å²) >= 11 is 0. The second-order valence-corrected chi connectivity index (χ2v) is 4.08. The minimum absolute atomic E-state index is 0.159. The van der Waals surface area contributed by atoms with Crippen molar-refractivity contribution in [2.75, 3.05) is 19.7 Å². The quantitative estimate of drug-likeness (QED) is 0.803. The Morgan fingerprint density at radius 2 is 2.06 bits per heavy atom. The molecular weight excluding hydrogens is 205 g/mol. The van der Waals surface area contributed by atoms with Crippen molar-refractivity contribution >= 4 is 0 Å². The van der Waals surface area contributed by atoms with Crippen LogP contribution in [0.5, 0.6) is 0 Å². The molecule has 0 aliphatic rings. The molecule has 0 aromatic heterocycles. The lowest BCUT2D eigenvalue weighted by atomic mass is 10.1. The summed E-state index contributed by atoms with van der Waals surface area (Å²) in [5, 5.41) is 8.94. The van der Waals surface area contributed by atoms with Crippen LogP contribution in [0.3, 0.4) is 0 Å². The molecule has 0 saturated heterocycles. The summed E-state index contributed by atoms with van der Waals surface area (Å²) in [6.45, 7) is 6.45. The molecule has 2 nitrogen and oxygen atoms in total. The standard InChI is InChI=1S/C13H20FNO/c1-3-6-15(7-8-16)10-12-4-5-13(14)11(2)9-12/h4-5,9,16H,3,6-8,10H2,1-2H3. The molecule has 1 N–H and O–H groups in total. The summed E-state index contributed by atoms with van der Waals surface area (Å²) in [7, 11) is 0. The maximum atomic E-state index is 13.1. The van der Waals surface area contributed by atoms with Crippen LogP contribution >= 0.6 is 0 Å². The molecule has 1 aromatic rings. The van der Waals surface area contributed by atoms with Crippen LogP contribution in [-0.2, 0) is 6.54 Å². The van der Waals surface area contributed by atoms with Crippen molar-refractivity contribution in [2.24, 2.45) is 0 Å². The highest BCUT2D eigenvalue weighted by Gasteiger charge is 2.05. The van der Waals surface area contributed by atoms with Gasteiger partial charge in [-0.05, 0) is 37.1 Å². The Kier molecular flexibility index (Phi) is 5.43. The van der Waals surface area contributed by atoms with Crippen molar-refractivity contribution in [3.05, 3.63) is 35.1 Å². The average Bonchev–Trinajstić information content (AvgIpc) is 2.24. The first-order chi connectivity index (χ1) is 7.67. The first-order valence-electron chi connectivity index (χ1n) is 5.75. The van der Waals surface area contributed by atoms with E-state index in [-0.39, 0.29) is 12.4 Å². The van der Waals surface area contributed by atoms with Gasteiger partial charge in [-0.15, -0.1) is 0 Å². The van der Waals surface area contributed by atoms with Gasteiger partial charge in [0.15, 0.2) is 0 Å². The molecule has 0 bridgehead atoms. The van der Waals surface area contributed by atoms with E-state index in [1.807, 2.05) is 12.1 Å². The Morgan fingerprint density at radius 3 is 2.62 bits per heavy atom. The summed E-state index contributed by atoms with van der Waals surface area (Å²) in [6, 6.07) is 5.19. The van der Waals surface area contributed by atoms with E-state index < -0.39 is 0 Å². The molecule has 16 heavy (non-hydrogen) atoms. The van der Waals surface area contributed by atoms with Gasteiger partial charge in [0.25, 0.3) is 0 Å². The number of halogens is 1. The van der Waals surface area contributed by atoms with Crippen LogP contribution in [0.2, 0.25) is 0 Å². The van der Waals surface area contributed by atoms with Gasteiger partial charge in [0, 0.05) is 13.1 Å². The van der Waals surface area contributed by atoms with Gasteiger partial charge in [-0.2, -0.15) is 0 Å². The normalized spacial score (nSPS) is 11.1. The van der Waals surface area contributed by atoms with Gasteiger partial charge < -0.3 is 5.11 Å². The van der Waals surface area contributed by atoms with E-state index >= 15 is 0 Å². The molecule has 0 heterocycles. The van der Waals surface area contributed by atoms with Crippen molar-refractivity contribution in [2.45, 2.75) is 26.8 Å². The summed E-state index contributed by atoms with van der Waals surface area (Å²) in [5.74, 6) is -0.159. The maximum absolute atomic E-state index is 13.1. The molecule has 0 fully saturated rings. The molecule has 90 valence electrons. The van der Waals surface area contributed by atoms with Crippen molar-refractivity contribution in [1.29, 1.82) is 0 Å². The molecule has 0 aliphatic heterocycles. The molecule has 0 unspecified atom stereocenters. The van der Waals surface area contributed by atoms with E-state index in [1.165, 1.54) is 6.07 Å². The molecule has 0 spiro atoms. The highest BCUT2D eigenvalue weighted by molar-refractivity contribution is 5.23. The van der Waals surface area contributed by atoms with Crippen molar-refractivity contribution in [3.8, 4) is 0 Å². The monoisotopic (exact) mass is 225 g/mol. The number of aliphatic hydroxyl groups is 1. The van der Waals surface area contributed by atoms with Crippen LogP contribution in [0, 0.1) is 12.7 Å². The van der Waals surface area contributed by atoms with Crippen LogP contribution in [0.25, 0.3) is 0 Å². The second-order valence-electron chi connectivity index (χ2n) is 4.08. The van der Waals surface area contributed by atoms with E-state index in [0.29, 0.717) is 12.1 Å². The van der Waals surface area contributed by atoms with Crippen molar-refractivity contribution in [1.82, 2.24) is 4.90 Å². The molecule has 0 aliphatic carbocycles. The molecule has 1 rings (SSSR count). The maximum Gasteiger partial charge on any atom is 0.126 e. The van der Waals surface area contributed by atoms with Gasteiger partial charge >= 0.3 is 0 Å². The predicted octanol–water partition coefficient (Wildman–Crippen LogP) is 2.34. The van der Waals surface area contributed by atoms with Crippen LogP contribution in [0.4, 0.5) is 4.39 Å². The molecular formula is C13H20FNO. The minimum Gasteiger partial charge on any atom is -0.395 e. The van der Waals surface area contributed by atoms with E-state index in [2.05, 4.69) is 11.8 Å². The molecule has 0 atom stereocenters. The SMILES string of the molecule is CCCN(CCO)Cc1ccc(F)c(C)c1. The van der Waals surface area contributed by atoms with Crippen LogP contribution in [0.15, 0.2) is 18.2 Å². The largest absolute Gasteiger partial charge is 0.395 e. The molecule has 0 saturated carbocycles.